The molecule has 2 rings (SSSR count). The molecule has 96 valence electrons. The maximum Gasteiger partial charge on any atom is 0.311 e. The van der Waals surface area contributed by atoms with E-state index in [1.165, 1.54) is 0 Å². The second-order valence-electron chi connectivity index (χ2n) is 4.73. The number of carboxylic acids is 1. The van der Waals surface area contributed by atoms with Crippen LogP contribution in [0.5, 0.6) is 0 Å². The highest BCUT2D eigenvalue weighted by atomic mass is 79.9. The Morgan fingerprint density at radius 3 is 2.61 bits per heavy atom. The summed E-state index contributed by atoms with van der Waals surface area (Å²) in [6, 6.07) is 5.31. The fourth-order valence-corrected chi connectivity index (χ4v) is 2.00. The molecule has 2 N–H and O–H groups in total. The molecule has 1 aliphatic rings. The van der Waals surface area contributed by atoms with E-state index in [0.29, 0.717) is 18.4 Å². The van der Waals surface area contributed by atoms with Crippen molar-refractivity contribution in [3.05, 3.63) is 33.8 Å². The first-order valence-electron chi connectivity index (χ1n) is 5.72. The number of aryl methyl sites for hydroxylation is 1. The number of aliphatic carboxylic acids is 1. The van der Waals surface area contributed by atoms with Crippen molar-refractivity contribution >= 4 is 27.8 Å². The van der Waals surface area contributed by atoms with Gasteiger partial charge in [-0.15, -0.1) is 0 Å². The highest BCUT2D eigenvalue weighted by Gasteiger charge is 2.50. The average Bonchev–Trinajstić information content (AvgIpc) is 3.11. The molecule has 1 amide bonds. The summed E-state index contributed by atoms with van der Waals surface area (Å²) in [5, 5.41) is 11.7. The number of carbonyl (C=O) groups excluding carboxylic acids is 1. The van der Waals surface area contributed by atoms with Gasteiger partial charge in [0.15, 0.2) is 0 Å². The summed E-state index contributed by atoms with van der Waals surface area (Å²) in [4.78, 5) is 22.9. The Kier molecular flexibility index (Phi) is 3.43. The molecule has 0 aliphatic heterocycles. The molecule has 5 heteroatoms. The van der Waals surface area contributed by atoms with E-state index in [0.717, 1.165) is 10.0 Å². The van der Waals surface area contributed by atoms with Gasteiger partial charge in [0.1, 0.15) is 0 Å². The number of carboxylic acid groups (broad SMARTS) is 1. The van der Waals surface area contributed by atoms with Crippen LogP contribution in [-0.2, 0) is 4.79 Å². The molecule has 4 nitrogen and oxygen atoms in total. The van der Waals surface area contributed by atoms with Crippen LogP contribution in [0.4, 0.5) is 0 Å². The van der Waals surface area contributed by atoms with E-state index < -0.39 is 11.4 Å². The molecule has 0 atom stereocenters. The van der Waals surface area contributed by atoms with Crippen LogP contribution in [0.3, 0.4) is 0 Å². The molecule has 1 aromatic rings. The lowest BCUT2D eigenvalue weighted by Crippen LogP contribution is -2.34. The van der Waals surface area contributed by atoms with Crippen LogP contribution in [0.2, 0.25) is 0 Å². The molecule has 0 spiro atoms. The van der Waals surface area contributed by atoms with Gasteiger partial charge in [-0.05, 0) is 43.5 Å². The van der Waals surface area contributed by atoms with Crippen LogP contribution in [0, 0.1) is 12.3 Å². The molecule has 0 unspecified atom stereocenters. The van der Waals surface area contributed by atoms with Crippen LogP contribution in [0.15, 0.2) is 22.7 Å². The molecular weight excluding hydrogens is 298 g/mol. The Morgan fingerprint density at radius 1 is 1.44 bits per heavy atom. The molecule has 0 saturated heterocycles. The van der Waals surface area contributed by atoms with Gasteiger partial charge in [-0.2, -0.15) is 0 Å². The maximum atomic E-state index is 11.9. The van der Waals surface area contributed by atoms with Crippen molar-refractivity contribution in [3.63, 3.8) is 0 Å². The average molecular weight is 312 g/mol. The maximum absolute atomic E-state index is 11.9. The van der Waals surface area contributed by atoms with Crippen molar-refractivity contribution in [1.82, 2.24) is 5.32 Å². The molecule has 18 heavy (non-hydrogen) atoms. The van der Waals surface area contributed by atoms with E-state index in [1.807, 2.05) is 13.0 Å². The van der Waals surface area contributed by atoms with Crippen molar-refractivity contribution < 1.29 is 14.7 Å². The van der Waals surface area contributed by atoms with Crippen molar-refractivity contribution in [3.8, 4) is 0 Å². The van der Waals surface area contributed by atoms with E-state index in [1.54, 1.807) is 12.1 Å². The number of amides is 1. The Hall–Kier alpha value is -1.36. The summed E-state index contributed by atoms with van der Waals surface area (Å²) in [5.74, 6) is -1.05. The van der Waals surface area contributed by atoms with E-state index in [9.17, 15) is 9.59 Å². The standard InChI is InChI=1S/C13H14BrNO3/c1-8-6-9(2-3-10(8)14)11(16)15-7-13(4-5-13)12(17)18/h2-3,6H,4-5,7H2,1H3,(H,15,16)(H,17,18). The third-order valence-corrected chi connectivity index (χ3v) is 4.20. The molecule has 1 aromatic carbocycles. The molecule has 0 bridgehead atoms. The van der Waals surface area contributed by atoms with Gasteiger partial charge in [-0.3, -0.25) is 9.59 Å². The first-order valence-corrected chi connectivity index (χ1v) is 6.52. The zero-order valence-electron chi connectivity index (χ0n) is 10.00. The molecule has 1 fully saturated rings. The van der Waals surface area contributed by atoms with Crippen LogP contribution >= 0.6 is 15.9 Å². The predicted octanol–water partition coefficient (Wildman–Crippen LogP) is 2.35. The lowest BCUT2D eigenvalue weighted by molar-refractivity contribution is -0.143. The van der Waals surface area contributed by atoms with Gasteiger partial charge in [-0.25, -0.2) is 0 Å². The summed E-state index contributed by atoms with van der Waals surface area (Å²) in [6.45, 7) is 2.11. The number of carbonyl (C=O) groups is 2. The lowest BCUT2D eigenvalue weighted by Gasteiger charge is -2.11. The number of nitrogens with one attached hydrogen (secondary N) is 1. The minimum absolute atomic E-state index is 0.205. The number of hydrogen-bond acceptors (Lipinski definition) is 2. The molecule has 1 aliphatic carbocycles. The van der Waals surface area contributed by atoms with E-state index in [-0.39, 0.29) is 12.5 Å². The first kappa shape index (κ1) is 13.1. The van der Waals surface area contributed by atoms with Crippen molar-refractivity contribution in [1.29, 1.82) is 0 Å². The quantitative estimate of drug-likeness (QED) is 0.897. The Morgan fingerprint density at radius 2 is 2.11 bits per heavy atom. The third kappa shape index (κ3) is 2.56. The minimum Gasteiger partial charge on any atom is -0.481 e. The third-order valence-electron chi connectivity index (χ3n) is 3.31. The van der Waals surface area contributed by atoms with Crippen LogP contribution in [0.25, 0.3) is 0 Å². The summed E-state index contributed by atoms with van der Waals surface area (Å²) >= 11 is 3.37. The van der Waals surface area contributed by atoms with Crippen molar-refractivity contribution in [2.24, 2.45) is 5.41 Å². The van der Waals surface area contributed by atoms with Gasteiger partial charge in [0, 0.05) is 16.6 Å². The molecule has 0 heterocycles. The fourth-order valence-electron chi connectivity index (χ4n) is 1.75. The number of hydrogen-bond donors (Lipinski definition) is 2. The SMILES string of the molecule is Cc1cc(C(=O)NCC2(C(=O)O)CC2)ccc1Br. The Balaban J connectivity index is 2.00. The van der Waals surface area contributed by atoms with Gasteiger partial charge >= 0.3 is 5.97 Å². The van der Waals surface area contributed by atoms with Gasteiger partial charge in [0.25, 0.3) is 5.91 Å². The first-order chi connectivity index (χ1) is 8.44. The molecular formula is C13H14BrNO3. The second-order valence-corrected chi connectivity index (χ2v) is 5.59. The topological polar surface area (TPSA) is 66.4 Å². The highest BCUT2D eigenvalue weighted by Crippen LogP contribution is 2.45. The zero-order valence-corrected chi connectivity index (χ0v) is 11.6. The highest BCUT2D eigenvalue weighted by molar-refractivity contribution is 9.10. The number of benzene rings is 1. The van der Waals surface area contributed by atoms with Crippen molar-refractivity contribution in [2.45, 2.75) is 19.8 Å². The van der Waals surface area contributed by atoms with Crippen LogP contribution in [0.1, 0.15) is 28.8 Å². The van der Waals surface area contributed by atoms with E-state index in [2.05, 4.69) is 21.2 Å². The monoisotopic (exact) mass is 311 g/mol. The molecule has 0 radical (unpaired) electrons. The lowest BCUT2D eigenvalue weighted by atomic mass is 10.1. The van der Waals surface area contributed by atoms with Gasteiger partial charge < -0.3 is 10.4 Å². The predicted molar refractivity (Wildman–Crippen MR) is 70.5 cm³/mol. The Labute approximate surface area is 114 Å². The normalized spacial score (nSPS) is 16.1. The van der Waals surface area contributed by atoms with Crippen LogP contribution < -0.4 is 5.32 Å². The summed E-state index contributed by atoms with van der Waals surface area (Å²) in [5.41, 5.74) is 0.805. The second kappa shape index (κ2) is 4.72. The largest absolute Gasteiger partial charge is 0.481 e. The fraction of sp³-hybridized carbons (Fsp3) is 0.385. The van der Waals surface area contributed by atoms with Gasteiger partial charge in [0.2, 0.25) is 0 Å². The number of halogens is 1. The smallest absolute Gasteiger partial charge is 0.311 e. The van der Waals surface area contributed by atoms with E-state index in [4.69, 9.17) is 5.11 Å². The van der Waals surface area contributed by atoms with E-state index >= 15 is 0 Å². The van der Waals surface area contributed by atoms with Gasteiger partial charge in [0.05, 0.1) is 5.41 Å². The summed E-state index contributed by atoms with van der Waals surface area (Å²) in [7, 11) is 0. The zero-order chi connectivity index (χ0) is 13.3. The van der Waals surface area contributed by atoms with Crippen LogP contribution in [-0.4, -0.2) is 23.5 Å². The Bertz CT molecular complexity index is 509. The van der Waals surface area contributed by atoms with Gasteiger partial charge in [-0.1, -0.05) is 15.9 Å². The number of rotatable bonds is 4. The van der Waals surface area contributed by atoms with Crippen molar-refractivity contribution in [2.75, 3.05) is 6.54 Å². The summed E-state index contributed by atoms with van der Waals surface area (Å²) in [6.07, 6.45) is 1.28. The molecule has 0 aromatic heterocycles. The molecule has 1 saturated carbocycles. The minimum atomic E-state index is -0.824. The summed E-state index contributed by atoms with van der Waals surface area (Å²) < 4.78 is 0.947.